The van der Waals surface area contributed by atoms with Crippen molar-refractivity contribution in [3.63, 3.8) is 0 Å². The maximum Gasteiger partial charge on any atom is 0.316 e. The van der Waals surface area contributed by atoms with Crippen LogP contribution in [-0.4, -0.2) is 48.0 Å². The molecule has 2 aromatic heterocycles. The fourth-order valence-electron chi connectivity index (χ4n) is 1.74. The van der Waals surface area contributed by atoms with Gasteiger partial charge in [-0.3, -0.25) is 4.72 Å². The Hall–Kier alpha value is -2.35. The molecule has 0 spiro atoms. The van der Waals surface area contributed by atoms with Crippen molar-refractivity contribution in [3.05, 3.63) is 51.8 Å². The van der Waals surface area contributed by atoms with E-state index in [-0.39, 0.29) is 4.47 Å². The van der Waals surface area contributed by atoms with Crippen LogP contribution in [0.1, 0.15) is 37.9 Å². The Morgan fingerprint density at radius 2 is 1.81 bits per heavy atom. The Kier molecular flexibility index (Phi) is 3.28. The molecule has 2 N–H and O–H groups in total. The summed E-state index contributed by atoms with van der Waals surface area (Å²) >= 11 is 5.65. The molecule has 0 aliphatic rings. The lowest BCUT2D eigenvalue weighted by Crippen LogP contribution is -2.31. The Balaban J connectivity index is 2.38. The van der Waals surface area contributed by atoms with Crippen LogP contribution in [0.4, 0.5) is 5.82 Å². The Morgan fingerprint density at radius 3 is 2.53 bits per heavy atom. The molecule has 2 heterocycles. The number of anilines is 1. The summed E-state index contributed by atoms with van der Waals surface area (Å²) in [7, 11) is -6.20. The van der Waals surface area contributed by atoms with Crippen LogP contribution < -0.4 is 18.9 Å². The van der Waals surface area contributed by atoms with E-state index in [9.17, 15) is 8.42 Å². The minimum absolute atomic E-state index is 0.251. The lowest BCUT2D eigenvalue weighted by atomic mass is 10.1. The number of hydrogen-bond donors (Lipinski definition) is 2. The van der Waals surface area contributed by atoms with Crippen LogP contribution >= 0.6 is 31.9 Å². The molecule has 0 saturated carbocycles. The van der Waals surface area contributed by atoms with E-state index in [0.717, 1.165) is 0 Å². The average Bonchev–Trinajstić information content (AvgIpc) is 3.00. The van der Waals surface area contributed by atoms with Gasteiger partial charge < -0.3 is 9.47 Å². The first-order valence-corrected chi connectivity index (χ1v) is 10.6. The minimum atomic E-state index is -6.20. The third-order valence-electron chi connectivity index (χ3n) is 2.84. The molecule has 0 atom stereocenters. The van der Waals surface area contributed by atoms with Crippen molar-refractivity contribution in [2.75, 3.05) is 24.3 Å². The van der Waals surface area contributed by atoms with Crippen LogP contribution in [0.2, 0.25) is 2.82 Å². The molecule has 10 nitrogen and oxygen atoms in total. The standard InChI is InChI=1S/C19H20Br2N6O4S/c1-2-7-26-32(28,29)27-17-16(13-3-5-14(20)6-4-13)18(25-12-24-17)30-8-9-31-19-22-10-15(21)11-23-19/h3-6,10-12,26H,2,7-9H2,1H3,(H,24,25,27)/i1D3,2D2,3D,4D,5D,6D,7D2,8D2,9D2,10D,11D,12D/hD2. The quantitative estimate of drug-likeness (QED) is 0.338. The van der Waals surface area contributed by atoms with E-state index in [1.165, 1.54) is 0 Å². The molecule has 0 aliphatic carbocycles. The predicted molar refractivity (Wildman–Crippen MR) is 127 cm³/mol. The topological polar surface area (TPSA) is 128 Å². The predicted octanol–water partition coefficient (Wildman–Crippen LogP) is 3.57. The van der Waals surface area contributed by atoms with Crippen LogP contribution in [0.15, 0.2) is 51.8 Å². The highest BCUT2D eigenvalue weighted by molar-refractivity contribution is 9.10. The van der Waals surface area contributed by atoms with E-state index >= 15 is 0 Å². The first-order valence-electron chi connectivity index (χ1n) is 17.5. The average molecular weight is 608 g/mol. The van der Waals surface area contributed by atoms with Gasteiger partial charge in [-0.25, -0.2) is 19.9 Å². The van der Waals surface area contributed by atoms with Gasteiger partial charge in [0, 0.05) is 32.9 Å². The molecular weight excluding hydrogens is 568 g/mol. The summed E-state index contributed by atoms with van der Waals surface area (Å²) in [4.78, 5) is 13.7. The van der Waals surface area contributed by atoms with E-state index in [0.29, 0.717) is 0 Å². The second kappa shape index (κ2) is 11.5. The fourth-order valence-corrected chi connectivity index (χ4v) is 2.67. The van der Waals surface area contributed by atoms with Gasteiger partial charge in [-0.1, -0.05) is 34.9 Å². The number of benzene rings is 1. The van der Waals surface area contributed by atoms with Gasteiger partial charge in [-0.15, -0.1) is 0 Å². The number of ether oxygens (including phenoxy) is 2. The molecule has 32 heavy (non-hydrogen) atoms. The summed E-state index contributed by atoms with van der Waals surface area (Å²) in [5.41, 5.74) is -2.42. The third-order valence-corrected chi connectivity index (χ3v) is 4.32. The fraction of sp³-hybridized carbons (Fsp3) is 0.263. The highest BCUT2D eigenvalue weighted by Gasteiger charge is 2.19. The van der Waals surface area contributed by atoms with E-state index in [2.05, 4.69) is 51.8 Å². The molecule has 13 heteroatoms. The summed E-state index contributed by atoms with van der Waals surface area (Å²) < 4.78 is 193. The number of hydrogen-bond acceptors (Lipinski definition) is 8. The van der Waals surface area contributed by atoms with Gasteiger partial charge in [0.15, 0.2) is 7.23 Å². The largest absolute Gasteiger partial charge is 0.473 e. The Labute approximate surface area is 230 Å². The molecule has 0 fully saturated rings. The molecule has 0 saturated heterocycles. The van der Waals surface area contributed by atoms with Crippen molar-refractivity contribution in [2.24, 2.45) is 0 Å². The zero-order chi connectivity index (χ0) is 40.5. The molecule has 3 rings (SSSR count). The number of rotatable bonds is 11. The maximum absolute atomic E-state index is 13.5. The SMILES string of the molecule is [2H]c1nc(OC([2H])([2H])C([2H])([2H])Oc2nc([2H])c(Br)c([2H])n2)c(-c2c([2H])c([2H])c(Br)c([2H])c2[2H])c(N([2H])S(=O)(=O)N([2H])C([2H])([2H])C([2H])([2H])C([2H])([2H])[2H])n1. The lowest BCUT2D eigenvalue weighted by molar-refractivity contribution is 0.202. The lowest BCUT2D eigenvalue weighted by Gasteiger charge is -2.15. The normalized spacial score (nSPS) is 22.6. The number of nitrogens with zero attached hydrogens (tertiary/aromatic N) is 4. The van der Waals surface area contributed by atoms with E-state index in [1.54, 1.807) is 0 Å². The molecule has 0 amide bonds. The van der Waals surface area contributed by atoms with Crippen molar-refractivity contribution in [1.82, 2.24) is 24.7 Å². The molecule has 1 aromatic carbocycles. The number of nitrogens with one attached hydrogen (secondary N) is 2. The smallest absolute Gasteiger partial charge is 0.316 e. The molecule has 170 valence electrons. The van der Waals surface area contributed by atoms with Crippen LogP contribution in [0.25, 0.3) is 11.1 Å². The Morgan fingerprint density at radius 1 is 1.09 bits per heavy atom. The highest BCUT2D eigenvalue weighted by Crippen LogP contribution is 2.34. The Bertz CT molecular complexity index is 1970. The molecule has 0 aliphatic heterocycles. The maximum atomic E-state index is 13.5. The molecule has 0 bridgehead atoms. The summed E-state index contributed by atoms with van der Waals surface area (Å²) in [5, 5.41) is 0. The van der Waals surface area contributed by atoms with E-state index in [1.807, 2.05) is 0 Å². The zero-order valence-corrected chi connectivity index (χ0v) is 19.0. The minimum Gasteiger partial charge on any atom is -0.473 e. The van der Waals surface area contributed by atoms with Gasteiger partial charge in [0.1, 0.15) is 22.2 Å². The van der Waals surface area contributed by atoms with Crippen LogP contribution in [-0.2, 0) is 10.2 Å². The first kappa shape index (κ1) is 9.12. The summed E-state index contributed by atoms with van der Waals surface area (Å²) in [6, 6.07) is -5.05. The van der Waals surface area contributed by atoms with Gasteiger partial charge in [-0.2, -0.15) is 13.1 Å². The molecule has 0 radical (unpaired) electrons. The monoisotopic (exact) mass is 606 g/mol. The van der Waals surface area contributed by atoms with Gasteiger partial charge >= 0.3 is 6.01 Å². The van der Waals surface area contributed by atoms with Gasteiger partial charge in [-0.05, 0) is 40.0 Å². The van der Waals surface area contributed by atoms with Crippen molar-refractivity contribution < 1.29 is 45.4 Å². The van der Waals surface area contributed by atoms with E-state index < -0.39 is 129 Å². The summed E-state index contributed by atoms with van der Waals surface area (Å²) in [6.07, 6.45) is -6.90. The second-order valence-corrected chi connectivity index (χ2v) is 7.68. The first-order chi connectivity index (χ1) is 23.3. The van der Waals surface area contributed by atoms with Crippen molar-refractivity contribution in [1.29, 1.82) is 0 Å². The third kappa shape index (κ3) is 7.08. The van der Waals surface area contributed by atoms with Crippen LogP contribution in [0, 0.1) is 0 Å². The molecule has 0 unspecified atom stereocenters. The van der Waals surface area contributed by atoms with E-state index in [4.69, 9.17) is 37.0 Å². The number of aromatic nitrogens is 4. The second-order valence-electron chi connectivity index (χ2n) is 4.84. The van der Waals surface area contributed by atoms with Gasteiger partial charge in [0.2, 0.25) is 5.88 Å². The van der Waals surface area contributed by atoms with Gasteiger partial charge in [0.05, 0.1) is 23.7 Å². The van der Waals surface area contributed by atoms with Crippen LogP contribution in [0.3, 0.4) is 0 Å². The highest BCUT2D eigenvalue weighted by atomic mass is 79.9. The summed E-state index contributed by atoms with van der Waals surface area (Å²) in [5.74, 6) is -3.09. The van der Waals surface area contributed by atoms with Gasteiger partial charge in [0.25, 0.3) is 10.2 Å². The summed E-state index contributed by atoms with van der Waals surface area (Å²) in [6.45, 7) is -15.9. The zero-order valence-electron chi connectivity index (χ0n) is 35.0. The molecule has 3 aromatic rings. The van der Waals surface area contributed by atoms with Crippen molar-refractivity contribution in [2.45, 2.75) is 13.2 Å². The molecular formula is C19H20Br2N6O4S. The van der Waals surface area contributed by atoms with Crippen molar-refractivity contribution >= 4 is 47.9 Å². The van der Waals surface area contributed by atoms with Crippen molar-refractivity contribution in [3.8, 4) is 23.0 Å². The number of halogens is 2. The van der Waals surface area contributed by atoms with Crippen LogP contribution in [0.5, 0.6) is 11.9 Å².